The quantitative estimate of drug-likeness (QED) is 0.881. The number of aromatic nitrogens is 2. The van der Waals surface area contributed by atoms with Gasteiger partial charge in [0, 0.05) is 6.42 Å². The molecule has 4 nitrogen and oxygen atoms in total. The second kappa shape index (κ2) is 6.99. The first-order chi connectivity index (χ1) is 9.28. The van der Waals surface area contributed by atoms with Gasteiger partial charge in [-0.05, 0) is 12.0 Å². The molecule has 0 atom stereocenters. The number of benzene rings is 1. The first kappa shape index (κ1) is 13.7. The summed E-state index contributed by atoms with van der Waals surface area (Å²) in [6.07, 6.45) is 3.54. The molecule has 1 amide bonds. The van der Waals surface area contributed by atoms with Gasteiger partial charge in [0.15, 0.2) is 0 Å². The van der Waals surface area contributed by atoms with Crippen LogP contribution in [0, 0.1) is 0 Å². The van der Waals surface area contributed by atoms with Crippen LogP contribution >= 0.6 is 11.3 Å². The van der Waals surface area contributed by atoms with Crippen LogP contribution in [0.5, 0.6) is 0 Å². The summed E-state index contributed by atoms with van der Waals surface area (Å²) in [4.78, 5) is 11.8. The van der Waals surface area contributed by atoms with E-state index in [0.717, 1.165) is 29.8 Å². The summed E-state index contributed by atoms with van der Waals surface area (Å²) in [5, 5.41) is 12.4. The van der Waals surface area contributed by atoms with E-state index in [2.05, 4.69) is 22.4 Å². The Morgan fingerprint density at radius 3 is 2.79 bits per heavy atom. The van der Waals surface area contributed by atoms with Crippen molar-refractivity contribution in [2.75, 3.05) is 5.32 Å². The largest absolute Gasteiger partial charge is 0.300 e. The number of anilines is 1. The van der Waals surface area contributed by atoms with Crippen LogP contribution in [-0.2, 0) is 17.6 Å². The molecule has 0 saturated heterocycles. The van der Waals surface area contributed by atoms with Crippen LogP contribution in [0.3, 0.4) is 0 Å². The van der Waals surface area contributed by atoms with E-state index >= 15 is 0 Å². The summed E-state index contributed by atoms with van der Waals surface area (Å²) in [6, 6.07) is 9.66. The molecule has 0 radical (unpaired) electrons. The van der Waals surface area contributed by atoms with Gasteiger partial charge in [0.25, 0.3) is 0 Å². The molecule has 0 unspecified atom stereocenters. The number of hydrogen-bond acceptors (Lipinski definition) is 4. The lowest BCUT2D eigenvalue weighted by Gasteiger charge is -2.00. The number of amides is 1. The Balaban J connectivity index is 1.86. The number of carbonyl (C=O) groups is 1. The third-order valence-corrected chi connectivity index (χ3v) is 3.56. The van der Waals surface area contributed by atoms with Crippen molar-refractivity contribution in [3.63, 3.8) is 0 Å². The SMILES string of the molecule is CCCCc1nnc(NC(=O)Cc2ccccc2)s1. The minimum Gasteiger partial charge on any atom is -0.300 e. The van der Waals surface area contributed by atoms with Gasteiger partial charge in [-0.1, -0.05) is 55.0 Å². The van der Waals surface area contributed by atoms with Crippen molar-refractivity contribution in [1.29, 1.82) is 0 Å². The Labute approximate surface area is 116 Å². The molecule has 1 heterocycles. The maximum atomic E-state index is 11.8. The molecule has 2 rings (SSSR count). The van der Waals surface area contributed by atoms with Crippen LogP contribution < -0.4 is 5.32 Å². The van der Waals surface area contributed by atoms with Gasteiger partial charge < -0.3 is 5.32 Å². The zero-order valence-corrected chi connectivity index (χ0v) is 11.7. The minimum atomic E-state index is -0.0515. The van der Waals surface area contributed by atoms with Gasteiger partial charge in [0.05, 0.1) is 6.42 Å². The van der Waals surface area contributed by atoms with Gasteiger partial charge in [0.2, 0.25) is 11.0 Å². The summed E-state index contributed by atoms with van der Waals surface area (Å²) in [5.74, 6) is -0.0515. The summed E-state index contributed by atoms with van der Waals surface area (Å²) in [6.45, 7) is 2.14. The van der Waals surface area contributed by atoms with Crippen molar-refractivity contribution in [3.8, 4) is 0 Å². The second-order valence-electron chi connectivity index (χ2n) is 4.32. The van der Waals surface area contributed by atoms with Crippen molar-refractivity contribution in [1.82, 2.24) is 10.2 Å². The molecule has 19 heavy (non-hydrogen) atoms. The van der Waals surface area contributed by atoms with E-state index in [1.807, 2.05) is 30.3 Å². The molecular formula is C14H17N3OS. The highest BCUT2D eigenvalue weighted by Crippen LogP contribution is 2.17. The van der Waals surface area contributed by atoms with Gasteiger partial charge in [0.1, 0.15) is 5.01 Å². The molecule has 0 saturated carbocycles. The predicted octanol–water partition coefficient (Wildman–Crippen LogP) is 3.06. The lowest BCUT2D eigenvalue weighted by Crippen LogP contribution is -2.14. The lowest BCUT2D eigenvalue weighted by atomic mass is 10.1. The Hall–Kier alpha value is -1.75. The van der Waals surface area contributed by atoms with Gasteiger partial charge in [-0.15, -0.1) is 10.2 Å². The normalized spacial score (nSPS) is 10.4. The first-order valence-electron chi connectivity index (χ1n) is 6.44. The second-order valence-corrected chi connectivity index (χ2v) is 5.38. The molecule has 0 aliphatic heterocycles. The Morgan fingerprint density at radius 1 is 1.26 bits per heavy atom. The molecule has 0 fully saturated rings. The van der Waals surface area contributed by atoms with Gasteiger partial charge >= 0.3 is 0 Å². The van der Waals surface area contributed by atoms with Gasteiger partial charge in [-0.2, -0.15) is 0 Å². The first-order valence-corrected chi connectivity index (χ1v) is 7.25. The highest BCUT2D eigenvalue weighted by atomic mass is 32.1. The fraction of sp³-hybridized carbons (Fsp3) is 0.357. The number of unbranched alkanes of at least 4 members (excludes halogenated alkanes) is 1. The van der Waals surface area contributed by atoms with Crippen LogP contribution in [0.25, 0.3) is 0 Å². The van der Waals surface area contributed by atoms with Crippen LogP contribution in [0.15, 0.2) is 30.3 Å². The van der Waals surface area contributed by atoms with E-state index in [1.54, 1.807) is 0 Å². The lowest BCUT2D eigenvalue weighted by molar-refractivity contribution is -0.115. The van der Waals surface area contributed by atoms with E-state index in [-0.39, 0.29) is 5.91 Å². The molecule has 1 aromatic carbocycles. The summed E-state index contributed by atoms with van der Waals surface area (Å²) in [7, 11) is 0. The molecular weight excluding hydrogens is 258 g/mol. The van der Waals surface area contributed by atoms with Crippen molar-refractivity contribution in [3.05, 3.63) is 40.9 Å². The van der Waals surface area contributed by atoms with Crippen LogP contribution in [0.4, 0.5) is 5.13 Å². The number of nitrogens with zero attached hydrogens (tertiary/aromatic N) is 2. The molecule has 5 heteroatoms. The van der Waals surface area contributed by atoms with E-state index in [4.69, 9.17) is 0 Å². The number of rotatable bonds is 6. The molecule has 100 valence electrons. The molecule has 0 bridgehead atoms. The van der Waals surface area contributed by atoms with Crippen molar-refractivity contribution < 1.29 is 4.79 Å². The summed E-state index contributed by atoms with van der Waals surface area (Å²) in [5.41, 5.74) is 0.996. The van der Waals surface area contributed by atoms with Gasteiger partial charge in [-0.25, -0.2) is 0 Å². The molecule has 2 aromatic rings. The highest BCUT2D eigenvalue weighted by molar-refractivity contribution is 7.15. The van der Waals surface area contributed by atoms with Crippen LogP contribution in [0.1, 0.15) is 30.3 Å². The summed E-state index contributed by atoms with van der Waals surface area (Å²) < 4.78 is 0. The fourth-order valence-corrected chi connectivity index (χ4v) is 2.48. The molecule has 0 aliphatic rings. The van der Waals surface area contributed by atoms with Crippen molar-refractivity contribution in [2.24, 2.45) is 0 Å². The predicted molar refractivity (Wildman–Crippen MR) is 77.3 cm³/mol. The van der Waals surface area contributed by atoms with Crippen LogP contribution in [0.2, 0.25) is 0 Å². The Kier molecular flexibility index (Phi) is 5.03. The third kappa shape index (κ3) is 4.44. The van der Waals surface area contributed by atoms with Crippen molar-refractivity contribution >= 4 is 22.4 Å². The fourth-order valence-electron chi connectivity index (χ4n) is 1.68. The van der Waals surface area contributed by atoms with E-state index in [1.165, 1.54) is 11.3 Å². The van der Waals surface area contributed by atoms with E-state index in [0.29, 0.717) is 11.6 Å². The standard InChI is InChI=1S/C14H17N3OS/c1-2-3-9-13-16-17-14(19-13)15-12(18)10-11-7-5-4-6-8-11/h4-8H,2-3,9-10H2,1H3,(H,15,17,18). The summed E-state index contributed by atoms with van der Waals surface area (Å²) >= 11 is 1.46. The number of nitrogens with one attached hydrogen (secondary N) is 1. The Bertz CT molecular complexity index is 524. The number of hydrogen-bond donors (Lipinski definition) is 1. The van der Waals surface area contributed by atoms with Crippen LogP contribution in [-0.4, -0.2) is 16.1 Å². The average Bonchev–Trinajstić information content (AvgIpc) is 2.85. The molecule has 1 N–H and O–H groups in total. The Morgan fingerprint density at radius 2 is 2.05 bits per heavy atom. The molecule has 0 spiro atoms. The molecule has 0 aliphatic carbocycles. The minimum absolute atomic E-state index is 0.0515. The topological polar surface area (TPSA) is 54.9 Å². The number of aryl methyl sites for hydroxylation is 1. The molecule has 1 aromatic heterocycles. The zero-order valence-electron chi connectivity index (χ0n) is 10.9. The average molecular weight is 275 g/mol. The van der Waals surface area contributed by atoms with Crippen molar-refractivity contribution in [2.45, 2.75) is 32.6 Å². The third-order valence-electron chi connectivity index (χ3n) is 2.66. The van der Waals surface area contributed by atoms with E-state index in [9.17, 15) is 4.79 Å². The highest BCUT2D eigenvalue weighted by Gasteiger charge is 2.08. The monoisotopic (exact) mass is 275 g/mol. The smallest absolute Gasteiger partial charge is 0.230 e. The maximum Gasteiger partial charge on any atom is 0.230 e. The number of carbonyl (C=O) groups excluding carboxylic acids is 1. The van der Waals surface area contributed by atoms with Gasteiger partial charge in [-0.3, -0.25) is 4.79 Å². The maximum absolute atomic E-state index is 11.8. The zero-order chi connectivity index (χ0) is 13.5. The van der Waals surface area contributed by atoms with E-state index < -0.39 is 0 Å².